The summed E-state index contributed by atoms with van der Waals surface area (Å²) in [5.41, 5.74) is 3.36. The Morgan fingerprint density at radius 1 is 1.22 bits per heavy atom. The second-order valence-electron chi connectivity index (χ2n) is 6.05. The molecule has 0 aliphatic carbocycles. The summed E-state index contributed by atoms with van der Waals surface area (Å²) in [5.74, 6) is 0.904. The van der Waals surface area contributed by atoms with E-state index in [0.29, 0.717) is 5.16 Å². The SMILES string of the molecule is COc1ccccc1Cc1nc(S)[nH]c1CN1CCN(C)CC1. The molecule has 1 aliphatic rings. The number of methoxy groups -OCH3 is 1. The van der Waals surface area contributed by atoms with E-state index in [4.69, 9.17) is 4.74 Å². The molecule has 23 heavy (non-hydrogen) atoms. The van der Waals surface area contributed by atoms with Crippen LogP contribution in [0.1, 0.15) is 17.0 Å². The average molecular weight is 332 g/mol. The van der Waals surface area contributed by atoms with Gasteiger partial charge in [0.2, 0.25) is 0 Å². The first kappa shape index (κ1) is 16.4. The lowest BCUT2D eigenvalue weighted by molar-refractivity contribution is 0.146. The fraction of sp³-hybridized carbons (Fsp3) is 0.471. The van der Waals surface area contributed by atoms with Gasteiger partial charge in [-0.15, -0.1) is 12.6 Å². The Hall–Kier alpha value is -1.50. The molecule has 2 aromatic rings. The molecule has 0 amide bonds. The second-order valence-corrected chi connectivity index (χ2v) is 6.48. The number of rotatable bonds is 5. The summed E-state index contributed by atoms with van der Waals surface area (Å²) in [6.45, 7) is 5.30. The minimum atomic E-state index is 0.680. The van der Waals surface area contributed by atoms with Crippen LogP contribution >= 0.6 is 12.6 Å². The third-order valence-corrected chi connectivity index (χ3v) is 4.59. The first-order valence-electron chi connectivity index (χ1n) is 7.95. The van der Waals surface area contributed by atoms with Gasteiger partial charge in [-0.25, -0.2) is 4.98 Å². The lowest BCUT2D eigenvalue weighted by atomic mass is 10.1. The van der Waals surface area contributed by atoms with Crippen LogP contribution in [0, 0.1) is 0 Å². The van der Waals surface area contributed by atoms with E-state index in [2.05, 4.69) is 45.5 Å². The smallest absolute Gasteiger partial charge is 0.162 e. The highest BCUT2D eigenvalue weighted by Gasteiger charge is 2.18. The van der Waals surface area contributed by atoms with Gasteiger partial charge >= 0.3 is 0 Å². The summed E-state index contributed by atoms with van der Waals surface area (Å²) in [6, 6.07) is 8.10. The van der Waals surface area contributed by atoms with E-state index in [-0.39, 0.29) is 0 Å². The van der Waals surface area contributed by atoms with Crippen LogP contribution < -0.4 is 4.74 Å². The van der Waals surface area contributed by atoms with Gasteiger partial charge in [0, 0.05) is 44.7 Å². The highest BCUT2D eigenvalue weighted by molar-refractivity contribution is 7.80. The van der Waals surface area contributed by atoms with Gasteiger partial charge in [0.05, 0.1) is 18.5 Å². The number of ether oxygens (including phenoxy) is 1. The van der Waals surface area contributed by atoms with Crippen molar-refractivity contribution in [1.82, 2.24) is 19.8 Å². The Labute approximate surface area is 143 Å². The molecule has 1 aromatic carbocycles. The topological polar surface area (TPSA) is 44.4 Å². The van der Waals surface area contributed by atoms with Crippen molar-refractivity contribution in [2.75, 3.05) is 40.3 Å². The normalized spacial score (nSPS) is 16.7. The average Bonchev–Trinajstić information content (AvgIpc) is 2.89. The fourth-order valence-electron chi connectivity index (χ4n) is 2.97. The minimum absolute atomic E-state index is 0.680. The highest BCUT2D eigenvalue weighted by Crippen LogP contribution is 2.23. The maximum Gasteiger partial charge on any atom is 0.162 e. The number of piperazine rings is 1. The van der Waals surface area contributed by atoms with Gasteiger partial charge in [0.1, 0.15) is 5.75 Å². The molecule has 0 spiro atoms. The van der Waals surface area contributed by atoms with Crippen LogP contribution in [0.25, 0.3) is 0 Å². The number of imidazole rings is 1. The van der Waals surface area contributed by atoms with Crippen molar-refractivity contribution in [3.8, 4) is 5.75 Å². The summed E-state index contributed by atoms with van der Waals surface area (Å²) in [7, 11) is 3.88. The predicted molar refractivity (Wildman–Crippen MR) is 94.4 cm³/mol. The summed E-state index contributed by atoms with van der Waals surface area (Å²) in [6.07, 6.45) is 0.754. The quantitative estimate of drug-likeness (QED) is 0.823. The van der Waals surface area contributed by atoms with E-state index < -0.39 is 0 Å². The Bertz CT molecular complexity index is 650. The highest BCUT2D eigenvalue weighted by atomic mass is 32.1. The molecule has 1 saturated heterocycles. The van der Waals surface area contributed by atoms with E-state index >= 15 is 0 Å². The standard InChI is InChI=1S/C17H24N4OS/c1-20-7-9-21(10-8-20)12-15-14(18-17(23)19-15)11-13-5-3-4-6-16(13)22-2/h3-6H,7-12H2,1-2H3,(H2,18,19,23). The number of benzene rings is 1. The lowest BCUT2D eigenvalue weighted by Crippen LogP contribution is -2.44. The molecule has 0 atom stereocenters. The van der Waals surface area contributed by atoms with Crippen LogP contribution in [0.3, 0.4) is 0 Å². The molecule has 5 nitrogen and oxygen atoms in total. The van der Waals surface area contributed by atoms with E-state index in [1.165, 1.54) is 0 Å². The van der Waals surface area contributed by atoms with Crippen LogP contribution in [0.5, 0.6) is 5.75 Å². The molecule has 0 bridgehead atoms. The van der Waals surface area contributed by atoms with Crippen LogP contribution in [0.2, 0.25) is 0 Å². The monoisotopic (exact) mass is 332 g/mol. The first-order chi connectivity index (χ1) is 11.2. The molecule has 1 N–H and O–H groups in total. The second kappa shape index (κ2) is 7.38. The molecule has 124 valence electrons. The van der Waals surface area contributed by atoms with Gasteiger partial charge in [-0.3, -0.25) is 4.90 Å². The number of hydrogen-bond donors (Lipinski definition) is 2. The Kier molecular flexibility index (Phi) is 5.25. The van der Waals surface area contributed by atoms with E-state index in [1.54, 1.807) is 7.11 Å². The molecule has 1 aliphatic heterocycles. The molecule has 3 rings (SSSR count). The number of nitrogens with zero attached hydrogens (tertiary/aromatic N) is 3. The molecule has 0 unspecified atom stereocenters. The molecular formula is C17H24N4OS. The van der Waals surface area contributed by atoms with Crippen molar-refractivity contribution in [2.45, 2.75) is 18.1 Å². The zero-order valence-electron chi connectivity index (χ0n) is 13.7. The van der Waals surface area contributed by atoms with Gasteiger partial charge in [0.15, 0.2) is 5.16 Å². The lowest BCUT2D eigenvalue weighted by Gasteiger charge is -2.32. The molecule has 0 saturated carbocycles. The summed E-state index contributed by atoms with van der Waals surface area (Å²) in [4.78, 5) is 12.7. The Balaban J connectivity index is 1.75. The number of likely N-dealkylation sites (N-methyl/N-ethyl adjacent to an activating group) is 1. The third-order valence-electron chi connectivity index (χ3n) is 4.38. The molecule has 1 fully saturated rings. The first-order valence-corrected chi connectivity index (χ1v) is 8.40. The number of H-pyrrole nitrogens is 1. The Morgan fingerprint density at radius 2 is 1.96 bits per heavy atom. The zero-order valence-corrected chi connectivity index (χ0v) is 14.6. The van der Waals surface area contributed by atoms with Gasteiger partial charge in [-0.1, -0.05) is 18.2 Å². The minimum Gasteiger partial charge on any atom is -0.496 e. The summed E-state index contributed by atoms with van der Waals surface area (Å²) in [5, 5.41) is 0.680. The van der Waals surface area contributed by atoms with Crippen molar-refractivity contribution in [3.63, 3.8) is 0 Å². The van der Waals surface area contributed by atoms with Crippen molar-refractivity contribution >= 4 is 12.6 Å². The molecule has 6 heteroatoms. The zero-order chi connectivity index (χ0) is 16.2. The number of nitrogens with one attached hydrogen (secondary N) is 1. The van der Waals surface area contributed by atoms with Gasteiger partial charge in [-0.2, -0.15) is 0 Å². The summed E-state index contributed by atoms with van der Waals surface area (Å²) < 4.78 is 5.45. The van der Waals surface area contributed by atoms with Crippen LogP contribution in [-0.2, 0) is 13.0 Å². The van der Waals surface area contributed by atoms with Crippen molar-refractivity contribution in [2.24, 2.45) is 0 Å². The van der Waals surface area contributed by atoms with Gasteiger partial charge in [-0.05, 0) is 13.1 Å². The van der Waals surface area contributed by atoms with Crippen LogP contribution in [0.15, 0.2) is 29.4 Å². The third kappa shape index (κ3) is 4.07. The number of hydrogen-bond acceptors (Lipinski definition) is 5. The van der Waals surface area contributed by atoms with Crippen molar-refractivity contribution < 1.29 is 4.74 Å². The van der Waals surface area contributed by atoms with E-state index in [1.807, 2.05) is 18.2 Å². The van der Waals surface area contributed by atoms with Crippen molar-refractivity contribution in [1.29, 1.82) is 0 Å². The van der Waals surface area contributed by atoms with E-state index in [0.717, 1.165) is 61.8 Å². The van der Waals surface area contributed by atoms with Crippen molar-refractivity contribution in [3.05, 3.63) is 41.2 Å². The molecule has 0 radical (unpaired) electrons. The van der Waals surface area contributed by atoms with Crippen LogP contribution in [-0.4, -0.2) is 60.1 Å². The maximum atomic E-state index is 5.45. The van der Waals surface area contributed by atoms with Gasteiger partial charge < -0.3 is 14.6 Å². The van der Waals surface area contributed by atoms with Gasteiger partial charge in [0.25, 0.3) is 0 Å². The molecular weight excluding hydrogens is 308 g/mol. The maximum absolute atomic E-state index is 5.45. The fourth-order valence-corrected chi connectivity index (χ4v) is 3.22. The Morgan fingerprint density at radius 3 is 2.70 bits per heavy atom. The molecule has 1 aromatic heterocycles. The number of para-hydroxylation sites is 1. The van der Waals surface area contributed by atoms with E-state index in [9.17, 15) is 0 Å². The number of aromatic nitrogens is 2. The predicted octanol–water partition coefficient (Wildman–Crippen LogP) is 2.05. The largest absolute Gasteiger partial charge is 0.496 e. The number of aromatic amines is 1. The summed E-state index contributed by atoms with van der Waals surface area (Å²) >= 11 is 4.40. The number of thiol groups is 1. The molecule has 2 heterocycles. The van der Waals surface area contributed by atoms with Crippen LogP contribution in [0.4, 0.5) is 0 Å².